The minimum absolute atomic E-state index is 0.296. The first-order chi connectivity index (χ1) is 10.4. The third-order valence-corrected chi connectivity index (χ3v) is 3.57. The van der Waals surface area contributed by atoms with Crippen LogP contribution in [0.15, 0.2) is 43.5 Å². The van der Waals surface area contributed by atoms with Gasteiger partial charge in [-0.2, -0.15) is 0 Å². The molecule has 2 rings (SSSR count). The number of rotatable bonds is 5. The molecule has 1 unspecified atom stereocenters. The molecule has 0 bridgehead atoms. The van der Waals surface area contributed by atoms with Crippen LogP contribution in [0.4, 0.5) is 5.69 Å². The molecule has 1 heterocycles. The van der Waals surface area contributed by atoms with Crippen LogP contribution in [0.25, 0.3) is 0 Å². The summed E-state index contributed by atoms with van der Waals surface area (Å²) in [5.41, 5.74) is -1.20. The van der Waals surface area contributed by atoms with E-state index < -0.39 is 17.4 Å². The van der Waals surface area contributed by atoms with Gasteiger partial charge in [-0.3, -0.25) is 9.59 Å². The summed E-state index contributed by atoms with van der Waals surface area (Å²) < 4.78 is 5.69. The molecule has 0 saturated carbocycles. The molecule has 1 aromatic rings. The Morgan fingerprint density at radius 3 is 2.64 bits per heavy atom. The zero-order valence-corrected chi connectivity index (χ0v) is 13.0. The van der Waals surface area contributed by atoms with Crippen LogP contribution in [0.5, 0.6) is 5.75 Å². The van der Waals surface area contributed by atoms with Crippen LogP contribution in [-0.2, 0) is 9.59 Å². The molecule has 1 atom stereocenters. The Morgan fingerprint density at radius 2 is 2.05 bits per heavy atom. The van der Waals surface area contributed by atoms with Crippen molar-refractivity contribution in [3.05, 3.63) is 48.5 Å². The van der Waals surface area contributed by atoms with Gasteiger partial charge < -0.3 is 15.0 Å². The summed E-state index contributed by atoms with van der Waals surface area (Å²) in [6.45, 7) is 9.27. The molecule has 0 radical (unpaired) electrons. The van der Waals surface area contributed by atoms with Gasteiger partial charge in [-0.15, -0.1) is 13.2 Å². The molecule has 0 saturated heterocycles. The van der Waals surface area contributed by atoms with E-state index in [1.807, 2.05) is 0 Å². The number of amides is 2. The van der Waals surface area contributed by atoms with Crippen molar-refractivity contribution >= 4 is 29.1 Å². The molecule has 116 valence electrons. The number of hydrogen-bond donors (Lipinski definition) is 1. The lowest BCUT2D eigenvalue weighted by Crippen LogP contribution is -2.59. The van der Waals surface area contributed by atoms with Gasteiger partial charge in [-0.1, -0.05) is 23.8 Å². The maximum atomic E-state index is 12.7. The fourth-order valence-corrected chi connectivity index (χ4v) is 2.36. The summed E-state index contributed by atoms with van der Waals surface area (Å²) in [6.07, 6.45) is 3.17. The number of fused-ring (bicyclic) bond motifs is 1. The molecular weight excluding hydrogens is 304 g/mol. The van der Waals surface area contributed by atoms with Crippen LogP contribution in [0.2, 0.25) is 5.02 Å². The van der Waals surface area contributed by atoms with Crippen LogP contribution in [0.1, 0.15) is 6.92 Å². The van der Waals surface area contributed by atoms with Gasteiger partial charge in [-0.05, 0) is 25.1 Å². The van der Waals surface area contributed by atoms with E-state index in [0.717, 1.165) is 0 Å². The Kier molecular flexibility index (Phi) is 4.56. The van der Waals surface area contributed by atoms with Crippen LogP contribution in [0.3, 0.4) is 0 Å². The maximum absolute atomic E-state index is 12.7. The zero-order valence-electron chi connectivity index (χ0n) is 12.3. The molecule has 5 nitrogen and oxygen atoms in total. The van der Waals surface area contributed by atoms with Gasteiger partial charge in [0.25, 0.3) is 17.4 Å². The van der Waals surface area contributed by atoms with Gasteiger partial charge >= 0.3 is 0 Å². The summed E-state index contributed by atoms with van der Waals surface area (Å²) in [5, 5.41) is 3.13. The third-order valence-electron chi connectivity index (χ3n) is 3.33. The standard InChI is InChI=1S/C16H17ClN2O3/c1-4-8-19(9-5-2)15(21)16(3)14(20)18-12-10-11(17)6-7-13(12)22-16/h4-7,10H,1-2,8-9H2,3H3,(H,18,20). The summed E-state index contributed by atoms with van der Waals surface area (Å²) in [4.78, 5) is 26.5. The van der Waals surface area contributed by atoms with E-state index >= 15 is 0 Å². The predicted molar refractivity (Wildman–Crippen MR) is 86.1 cm³/mol. The lowest BCUT2D eigenvalue weighted by Gasteiger charge is -2.36. The molecule has 6 heteroatoms. The van der Waals surface area contributed by atoms with E-state index in [2.05, 4.69) is 18.5 Å². The predicted octanol–water partition coefficient (Wildman–Crippen LogP) is 2.63. The van der Waals surface area contributed by atoms with Gasteiger partial charge in [0.05, 0.1) is 5.69 Å². The molecule has 22 heavy (non-hydrogen) atoms. The highest BCUT2D eigenvalue weighted by Gasteiger charge is 2.49. The zero-order chi connectivity index (χ0) is 16.3. The van der Waals surface area contributed by atoms with Crippen LogP contribution < -0.4 is 10.1 Å². The monoisotopic (exact) mass is 320 g/mol. The average molecular weight is 321 g/mol. The number of nitrogens with zero attached hydrogens (tertiary/aromatic N) is 1. The van der Waals surface area contributed by atoms with Crippen LogP contribution in [-0.4, -0.2) is 35.4 Å². The van der Waals surface area contributed by atoms with Crippen molar-refractivity contribution in [3.8, 4) is 5.75 Å². The van der Waals surface area contributed by atoms with Gasteiger partial charge in [0.2, 0.25) is 0 Å². The maximum Gasteiger partial charge on any atom is 0.278 e. The van der Waals surface area contributed by atoms with Crippen molar-refractivity contribution in [2.75, 3.05) is 18.4 Å². The van der Waals surface area contributed by atoms with Crippen molar-refractivity contribution < 1.29 is 14.3 Å². The Hall–Kier alpha value is -2.27. The Labute approximate surface area is 134 Å². The van der Waals surface area contributed by atoms with Crippen molar-refractivity contribution in [1.82, 2.24) is 4.90 Å². The number of nitrogens with one attached hydrogen (secondary N) is 1. The largest absolute Gasteiger partial charge is 0.466 e. The first-order valence-corrected chi connectivity index (χ1v) is 7.11. The lowest BCUT2D eigenvalue weighted by molar-refractivity contribution is -0.153. The first kappa shape index (κ1) is 16.1. The molecule has 2 amide bonds. The summed E-state index contributed by atoms with van der Waals surface area (Å²) in [7, 11) is 0. The van der Waals surface area contributed by atoms with E-state index in [4.69, 9.17) is 16.3 Å². The Bertz CT molecular complexity index is 634. The van der Waals surface area contributed by atoms with E-state index in [0.29, 0.717) is 29.5 Å². The Morgan fingerprint density at radius 1 is 1.41 bits per heavy atom. The molecule has 0 aliphatic carbocycles. The number of ether oxygens (including phenoxy) is 1. The second kappa shape index (κ2) is 6.23. The molecular formula is C16H17ClN2O3. The molecule has 1 N–H and O–H groups in total. The second-order valence-electron chi connectivity index (χ2n) is 5.02. The number of carbonyl (C=O) groups excluding carboxylic acids is 2. The van der Waals surface area contributed by atoms with Crippen molar-refractivity contribution in [3.63, 3.8) is 0 Å². The molecule has 1 aliphatic heterocycles. The van der Waals surface area contributed by atoms with Crippen molar-refractivity contribution in [2.45, 2.75) is 12.5 Å². The molecule has 0 aromatic heterocycles. The van der Waals surface area contributed by atoms with Crippen LogP contribution in [0, 0.1) is 0 Å². The van der Waals surface area contributed by atoms with Gasteiger partial charge in [0.1, 0.15) is 5.75 Å². The van der Waals surface area contributed by atoms with E-state index in [1.165, 1.54) is 11.8 Å². The minimum atomic E-state index is -1.65. The van der Waals surface area contributed by atoms with E-state index in [1.54, 1.807) is 30.4 Å². The normalized spacial score (nSPS) is 19.5. The highest BCUT2D eigenvalue weighted by molar-refractivity contribution is 6.31. The SMILES string of the molecule is C=CCN(CC=C)C(=O)C1(C)Oc2ccc(Cl)cc2NC1=O. The molecule has 0 fully saturated rings. The van der Waals surface area contributed by atoms with Crippen molar-refractivity contribution in [1.29, 1.82) is 0 Å². The highest BCUT2D eigenvalue weighted by Crippen LogP contribution is 2.36. The summed E-state index contributed by atoms with van der Waals surface area (Å²) >= 11 is 5.89. The number of benzene rings is 1. The minimum Gasteiger partial charge on any atom is -0.466 e. The molecule has 0 spiro atoms. The highest BCUT2D eigenvalue weighted by atomic mass is 35.5. The fourth-order valence-electron chi connectivity index (χ4n) is 2.19. The smallest absolute Gasteiger partial charge is 0.278 e. The van der Waals surface area contributed by atoms with Crippen LogP contribution >= 0.6 is 11.6 Å². The number of anilines is 1. The molecule has 1 aliphatic rings. The Balaban J connectivity index is 2.34. The van der Waals surface area contributed by atoms with Gasteiger partial charge in [0.15, 0.2) is 0 Å². The van der Waals surface area contributed by atoms with Gasteiger partial charge in [-0.25, -0.2) is 0 Å². The van der Waals surface area contributed by atoms with E-state index in [-0.39, 0.29) is 0 Å². The second-order valence-corrected chi connectivity index (χ2v) is 5.45. The number of hydrogen-bond acceptors (Lipinski definition) is 3. The molecule has 1 aromatic carbocycles. The van der Waals surface area contributed by atoms with Gasteiger partial charge in [0, 0.05) is 18.1 Å². The quantitative estimate of drug-likeness (QED) is 0.670. The average Bonchev–Trinajstić information content (AvgIpc) is 2.48. The summed E-state index contributed by atoms with van der Waals surface area (Å²) in [5.74, 6) is -0.590. The van der Waals surface area contributed by atoms with E-state index in [9.17, 15) is 9.59 Å². The summed E-state index contributed by atoms with van der Waals surface area (Å²) in [6, 6.07) is 4.83. The third kappa shape index (κ3) is 2.85. The number of halogens is 1. The van der Waals surface area contributed by atoms with Crippen molar-refractivity contribution in [2.24, 2.45) is 0 Å². The first-order valence-electron chi connectivity index (χ1n) is 6.73. The topological polar surface area (TPSA) is 58.6 Å². The fraction of sp³-hybridized carbons (Fsp3) is 0.250. The number of carbonyl (C=O) groups is 2. The lowest BCUT2D eigenvalue weighted by atomic mass is 10.0.